The third kappa shape index (κ3) is 3.69. The minimum absolute atomic E-state index is 0.185. The van der Waals surface area contributed by atoms with E-state index in [4.69, 9.17) is 4.98 Å². The van der Waals surface area contributed by atoms with Crippen LogP contribution in [0.3, 0.4) is 0 Å². The van der Waals surface area contributed by atoms with Gasteiger partial charge in [0, 0.05) is 17.6 Å². The standard InChI is InChI=1S/C22H21BrN6O2/c23-15-8-2-3-9-16(15)24-19(30)14-28-22(31)29-18-11-5-4-10-17(18)25-20(21(29)26-28)27-12-6-1-7-13-27/h2-5,8-11H,1,6-7,12-14H2,(H,24,30). The van der Waals surface area contributed by atoms with E-state index in [9.17, 15) is 9.59 Å². The molecule has 0 spiro atoms. The number of amides is 1. The highest BCUT2D eigenvalue weighted by Crippen LogP contribution is 2.25. The highest BCUT2D eigenvalue weighted by Gasteiger charge is 2.22. The van der Waals surface area contributed by atoms with Gasteiger partial charge in [-0.05, 0) is 59.5 Å². The number of nitrogens with zero attached hydrogens (tertiary/aromatic N) is 5. The van der Waals surface area contributed by atoms with Gasteiger partial charge in [0.1, 0.15) is 6.54 Å². The number of fused-ring (bicyclic) bond motifs is 3. The maximum atomic E-state index is 13.3. The van der Waals surface area contributed by atoms with Crippen LogP contribution in [0.1, 0.15) is 19.3 Å². The third-order valence-corrected chi connectivity index (χ3v) is 6.18. The predicted octanol–water partition coefficient (Wildman–Crippen LogP) is 3.44. The number of rotatable bonds is 4. The lowest BCUT2D eigenvalue weighted by molar-refractivity contribution is -0.117. The molecule has 2 aromatic heterocycles. The van der Waals surface area contributed by atoms with Gasteiger partial charge in [0.25, 0.3) is 0 Å². The molecule has 8 nitrogen and oxygen atoms in total. The number of piperidine rings is 1. The van der Waals surface area contributed by atoms with Gasteiger partial charge >= 0.3 is 5.69 Å². The fraction of sp³-hybridized carbons (Fsp3) is 0.273. The Kier molecular flexibility index (Phi) is 5.19. The minimum atomic E-state index is -0.353. The van der Waals surface area contributed by atoms with Crippen molar-refractivity contribution in [2.45, 2.75) is 25.8 Å². The number of benzene rings is 2. The molecule has 0 radical (unpaired) electrons. The monoisotopic (exact) mass is 480 g/mol. The first-order valence-corrected chi connectivity index (χ1v) is 11.1. The second-order valence-corrected chi connectivity index (χ2v) is 8.45. The summed E-state index contributed by atoms with van der Waals surface area (Å²) in [5.74, 6) is 0.370. The van der Waals surface area contributed by atoms with Crippen molar-refractivity contribution in [1.82, 2.24) is 19.2 Å². The summed E-state index contributed by atoms with van der Waals surface area (Å²) in [6.07, 6.45) is 3.36. The molecule has 1 fully saturated rings. The van der Waals surface area contributed by atoms with Gasteiger partial charge in [-0.3, -0.25) is 4.79 Å². The van der Waals surface area contributed by atoms with Crippen LogP contribution < -0.4 is 15.9 Å². The van der Waals surface area contributed by atoms with E-state index in [-0.39, 0.29) is 18.1 Å². The molecule has 4 aromatic rings. The van der Waals surface area contributed by atoms with Crippen LogP contribution in [-0.4, -0.2) is 38.2 Å². The fourth-order valence-corrected chi connectivity index (χ4v) is 4.37. The molecular weight excluding hydrogens is 460 g/mol. The highest BCUT2D eigenvalue weighted by atomic mass is 79.9. The number of para-hydroxylation sites is 3. The molecule has 1 N–H and O–H groups in total. The van der Waals surface area contributed by atoms with Crippen LogP contribution >= 0.6 is 15.9 Å². The molecule has 2 aromatic carbocycles. The minimum Gasteiger partial charge on any atom is -0.353 e. The van der Waals surface area contributed by atoms with Crippen molar-refractivity contribution in [3.63, 3.8) is 0 Å². The number of carbonyl (C=O) groups excluding carboxylic acids is 1. The molecule has 0 aliphatic carbocycles. The smallest absolute Gasteiger partial charge is 0.351 e. The van der Waals surface area contributed by atoms with Crippen molar-refractivity contribution in [3.05, 3.63) is 63.5 Å². The van der Waals surface area contributed by atoms with Gasteiger partial charge in [0.2, 0.25) is 11.6 Å². The Balaban J connectivity index is 1.57. The molecular formula is C22H21BrN6O2. The maximum absolute atomic E-state index is 13.3. The van der Waals surface area contributed by atoms with E-state index in [0.29, 0.717) is 22.7 Å². The summed E-state index contributed by atoms with van der Waals surface area (Å²) in [5.41, 5.74) is 2.19. The molecule has 1 aliphatic rings. The fourth-order valence-electron chi connectivity index (χ4n) is 3.99. The molecule has 1 aliphatic heterocycles. The van der Waals surface area contributed by atoms with E-state index in [1.165, 1.54) is 11.1 Å². The van der Waals surface area contributed by atoms with Crippen molar-refractivity contribution in [1.29, 1.82) is 0 Å². The van der Waals surface area contributed by atoms with Crippen LogP contribution in [0.15, 0.2) is 57.8 Å². The molecule has 158 valence electrons. The molecule has 31 heavy (non-hydrogen) atoms. The zero-order valence-electron chi connectivity index (χ0n) is 16.8. The van der Waals surface area contributed by atoms with Crippen LogP contribution in [0, 0.1) is 0 Å². The van der Waals surface area contributed by atoms with E-state index in [1.807, 2.05) is 42.5 Å². The molecule has 9 heteroatoms. The lowest BCUT2D eigenvalue weighted by atomic mass is 10.1. The third-order valence-electron chi connectivity index (χ3n) is 5.49. The second kappa shape index (κ2) is 8.14. The first-order valence-electron chi connectivity index (χ1n) is 10.3. The molecule has 0 unspecified atom stereocenters. The summed E-state index contributed by atoms with van der Waals surface area (Å²) >= 11 is 3.42. The van der Waals surface area contributed by atoms with Gasteiger partial charge in [-0.1, -0.05) is 24.3 Å². The molecule has 0 bridgehead atoms. The van der Waals surface area contributed by atoms with Crippen molar-refractivity contribution in [2.75, 3.05) is 23.3 Å². The highest BCUT2D eigenvalue weighted by molar-refractivity contribution is 9.10. The maximum Gasteiger partial charge on any atom is 0.351 e. The Hall–Kier alpha value is -3.20. The largest absolute Gasteiger partial charge is 0.353 e. The van der Waals surface area contributed by atoms with Gasteiger partial charge in [-0.15, -0.1) is 5.10 Å². The van der Waals surface area contributed by atoms with Crippen molar-refractivity contribution < 1.29 is 4.79 Å². The lowest BCUT2D eigenvalue weighted by Crippen LogP contribution is -2.31. The molecule has 0 saturated carbocycles. The van der Waals surface area contributed by atoms with Gasteiger partial charge in [-0.25, -0.2) is 18.9 Å². The molecule has 1 saturated heterocycles. The van der Waals surface area contributed by atoms with Crippen molar-refractivity contribution in [2.24, 2.45) is 0 Å². The number of carbonyl (C=O) groups is 1. The summed E-state index contributed by atoms with van der Waals surface area (Å²) in [7, 11) is 0. The molecule has 5 rings (SSSR count). The Morgan fingerprint density at radius 1 is 1.03 bits per heavy atom. The first-order chi connectivity index (χ1) is 15.1. The average Bonchev–Trinajstić information content (AvgIpc) is 3.11. The quantitative estimate of drug-likeness (QED) is 0.483. The summed E-state index contributed by atoms with van der Waals surface area (Å²) in [6, 6.07) is 14.9. The summed E-state index contributed by atoms with van der Waals surface area (Å²) < 4.78 is 3.55. The number of anilines is 2. The molecule has 0 atom stereocenters. The van der Waals surface area contributed by atoms with Gasteiger partial charge in [0.15, 0.2) is 5.82 Å². The van der Waals surface area contributed by atoms with Gasteiger partial charge in [-0.2, -0.15) is 0 Å². The summed E-state index contributed by atoms with van der Waals surface area (Å²) in [5, 5.41) is 7.36. The Bertz CT molecular complexity index is 1340. The zero-order chi connectivity index (χ0) is 21.4. The van der Waals surface area contributed by atoms with Gasteiger partial charge in [0.05, 0.1) is 16.7 Å². The normalized spacial score (nSPS) is 14.3. The first kappa shape index (κ1) is 19.7. The summed E-state index contributed by atoms with van der Waals surface area (Å²) in [4.78, 5) is 32.9. The zero-order valence-corrected chi connectivity index (χ0v) is 18.4. The number of halogens is 1. The van der Waals surface area contributed by atoms with Crippen LogP contribution in [0.25, 0.3) is 16.7 Å². The van der Waals surface area contributed by atoms with Crippen LogP contribution in [-0.2, 0) is 11.3 Å². The Labute approximate surface area is 186 Å². The number of aromatic nitrogens is 4. The van der Waals surface area contributed by atoms with Crippen molar-refractivity contribution >= 4 is 50.0 Å². The van der Waals surface area contributed by atoms with Crippen molar-refractivity contribution in [3.8, 4) is 0 Å². The van der Waals surface area contributed by atoms with E-state index in [2.05, 4.69) is 31.2 Å². The van der Waals surface area contributed by atoms with E-state index in [1.54, 1.807) is 10.5 Å². The topological polar surface area (TPSA) is 84.5 Å². The van der Waals surface area contributed by atoms with Crippen LogP contribution in [0.5, 0.6) is 0 Å². The van der Waals surface area contributed by atoms with E-state index in [0.717, 1.165) is 35.9 Å². The SMILES string of the molecule is O=C(Cn1nc2c(N3CCCCC3)nc3ccccc3n2c1=O)Nc1ccccc1Br. The second-order valence-electron chi connectivity index (χ2n) is 7.60. The molecule has 1 amide bonds. The number of nitrogens with one attached hydrogen (secondary N) is 1. The van der Waals surface area contributed by atoms with Crippen LogP contribution in [0.4, 0.5) is 11.5 Å². The summed E-state index contributed by atoms with van der Waals surface area (Å²) in [6.45, 7) is 1.57. The lowest BCUT2D eigenvalue weighted by Gasteiger charge is -2.27. The van der Waals surface area contributed by atoms with Crippen LogP contribution in [0.2, 0.25) is 0 Å². The average molecular weight is 481 g/mol. The van der Waals surface area contributed by atoms with E-state index < -0.39 is 0 Å². The van der Waals surface area contributed by atoms with E-state index >= 15 is 0 Å². The molecule has 3 heterocycles. The predicted molar refractivity (Wildman–Crippen MR) is 124 cm³/mol. The Morgan fingerprint density at radius 2 is 1.77 bits per heavy atom. The number of hydrogen-bond acceptors (Lipinski definition) is 5. The van der Waals surface area contributed by atoms with Gasteiger partial charge < -0.3 is 10.2 Å². The number of hydrogen-bond donors (Lipinski definition) is 1. The Morgan fingerprint density at radius 3 is 2.58 bits per heavy atom.